The van der Waals surface area contributed by atoms with Gasteiger partial charge in [-0.3, -0.25) is 0 Å². The van der Waals surface area contributed by atoms with Crippen LogP contribution in [0.25, 0.3) is 0 Å². The van der Waals surface area contributed by atoms with Crippen LogP contribution >= 0.6 is 11.8 Å². The third-order valence-corrected chi connectivity index (χ3v) is 12.5. The third kappa shape index (κ3) is 4.68. The van der Waals surface area contributed by atoms with E-state index in [1.807, 2.05) is 17.8 Å². The molecule has 4 heteroatoms. The van der Waals surface area contributed by atoms with Crippen molar-refractivity contribution in [2.45, 2.75) is 38.0 Å². The fraction of sp³-hybridized carbons (Fsp3) is 0.333. The minimum atomic E-state index is -2.54. The molecular formula is C27H32O2SSi. The number of hydrogen-bond donors (Lipinski definition) is 0. The van der Waals surface area contributed by atoms with Crippen molar-refractivity contribution in [2.75, 3.05) is 18.1 Å². The summed E-state index contributed by atoms with van der Waals surface area (Å²) in [7, 11) is -2.54. The Morgan fingerprint density at radius 1 is 0.774 bits per heavy atom. The highest BCUT2D eigenvalue weighted by atomic mass is 32.2. The van der Waals surface area contributed by atoms with Crippen molar-refractivity contribution in [3.63, 3.8) is 0 Å². The highest BCUT2D eigenvalue weighted by Crippen LogP contribution is 2.40. The van der Waals surface area contributed by atoms with E-state index in [-0.39, 0.29) is 10.6 Å². The smallest absolute Gasteiger partial charge is 0.261 e. The molecule has 1 aliphatic heterocycles. The van der Waals surface area contributed by atoms with E-state index < -0.39 is 8.32 Å². The van der Waals surface area contributed by atoms with Gasteiger partial charge in [-0.1, -0.05) is 112 Å². The average Bonchev–Trinajstić information content (AvgIpc) is 2.76. The normalized spacial score (nSPS) is 16.0. The van der Waals surface area contributed by atoms with Gasteiger partial charge in [0.15, 0.2) is 0 Å². The van der Waals surface area contributed by atoms with Gasteiger partial charge in [0.25, 0.3) is 8.32 Å². The maximum Gasteiger partial charge on any atom is 0.261 e. The summed E-state index contributed by atoms with van der Waals surface area (Å²) in [4.78, 5) is 0. The molecular weight excluding hydrogens is 416 g/mol. The molecule has 1 aliphatic rings. The van der Waals surface area contributed by atoms with Gasteiger partial charge in [-0.2, -0.15) is 11.8 Å². The van der Waals surface area contributed by atoms with Crippen molar-refractivity contribution in [1.29, 1.82) is 0 Å². The Kier molecular flexibility index (Phi) is 6.73. The summed E-state index contributed by atoms with van der Waals surface area (Å²) in [6.07, 6.45) is 0. The van der Waals surface area contributed by atoms with Crippen LogP contribution in [0.15, 0.2) is 91.0 Å². The molecule has 0 aliphatic carbocycles. The van der Waals surface area contributed by atoms with Gasteiger partial charge in [0.2, 0.25) is 0 Å². The van der Waals surface area contributed by atoms with Crippen molar-refractivity contribution < 1.29 is 9.16 Å². The molecule has 1 saturated heterocycles. The number of ether oxygens (including phenoxy) is 1. The van der Waals surface area contributed by atoms with Crippen LogP contribution in [0.4, 0.5) is 0 Å². The minimum absolute atomic E-state index is 0.0206. The molecule has 0 amide bonds. The van der Waals surface area contributed by atoms with Gasteiger partial charge in [0.1, 0.15) is 5.60 Å². The SMILES string of the molecule is CC(C)(C)[Si](OCC1(OCc2ccccc2)CSC1)(c1ccccc1)c1ccccc1. The molecule has 0 spiro atoms. The molecule has 0 radical (unpaired) electrons. The standard InChI is InChI=1S/C27H32O2SSi/c1-26(2,3)31(24-15-9-5-10-16-24,25-17-11-6-12-18-25)29-20-27(21-30-22-27)28-19-23-13-7-4-8-14-23/h4-18H,19-22H2,1-3H3. The van der Waals surface area contributed by atoms with Gasteiger partial charge in [-0.05, 0) is 21.0 Å². The Morgan fingerprint density at radius 3 is 1.68 bits per heavy atom. The van der Waals surface area contributed by atoms with Gasteiger partial charge >= 0.3 is 0 Å². The van der Waals surface area contributed by atoms with Gasteiger partial charge in [0, 0.05) is 11.5 Å². The average molecular weight is 449 g/mol. The second-order valence-corrected chi connectivity index (χ2v) is 14.7. The van der Waals surface area contributed by atoms with Crippen molar-refractivity contribution >= 4 is 30.5 Å². The van der Waals surface area contributed by atoms with E-state index in [1.165, 1.54) is 15.9 Å². The number of rotatable bonds is 8. The summed E-state index contributed by atoms with van der Waals surface area (Å²) < 4.78 is 13.7. The van der Waals surface area contributed by atoms with Gasteiger partial charge in [0.05, 0.1) is 13.2 Å². The Balaban J connectivity index is 1.65. The first-order valence-electron chi connectivity index (χ1n) is 11.0. The second-order valence-electron chi connectivity index (χ2n) is 9.40. The maximum absolute atomic E-state index is 7.16. The van der Waals surface area contributed by atoms with Gasteiger partial charge < -0.3 is 9.16 Å². The molecule has 1 fully saturated rings. The van der Waals surface area contributed by atoms with Gasteiger partial charge in [-0.15, -0.1) is 0 Å². The zero-order valence-corrected chi connectivity index (χ0v) is 20.5. The van der Waals surface area contributed by atoms with Crippen LogP contribution in [0.5, 0.6) is 0 Å². The fourth-order valence-electron chi connectivity index (χ4n) is 4.35. The first kappa shape index (κ1) is 22.3. The van der Waals surface area contributed by atoms with Gasteiger partial charge in [-0.25, -0.2) is 0 Å². The highest BCUT2D eigenvalue weighted by Gasteiger charge is 2.52. The quantitative estimate of drug-likeness (QED) is 0.438. The number of hydrogen-bond acceptors (Lipinski definition) is 3. The van der Waals surface area contributed by atoms with Crippen LogP contribution < -0.4 is 10.4 Å². The Hall–Kier alpha value is -1.85. The minimum Gasteiger partial charge on any atom is -0.404 e. The predicted octanol–water partition coefficient (Wildman–Crippen LogP) is 5.27. The lowest BCUT2D eigenvalue weighted by Gasteiger charge is -2.47. The second kappa shape index (κ2) is 9.33. The van der Waals surface area contributed by atoms with Crippen LogP contribution in [0.3, 0.4) is 0 Å². The zero-order chi connectivity index (χ0) is 21.8. The van der Waals surface area contributed by atoms with Crippen molar-refractivity contribution in [3.8, 4) is 0 Å². The molecule has 0 bridgehead atoms. The summed E-state index contributed by atoms with van der Waals surface area (Å²) >= 11 is 1.94. The fourth-order valence-corrected chi connectivity index (χ4v) is 9.98. The molecule has 31 heavy (non-hydrogen) atoms. The van der Waals surface area contributed by atoms with Crippen molar-refractivity contribution in [3.05, 3.63) is 96.6 Å². The molecule has 2 nitrogen and oxygen atoms in total. The third-order valence-electron chi connectivity index (χ3n) is 6.09. The van der Waals surface area contributed by atoms with Crippen LogP contribution in [-0.4, -0.2) is 32.0 Å². The summed E-state index contributed by atoms with van der Waals surface area (Å²) in [5.41, 5.74) is 0.998. The van der Waals surface area contributed by atoms with Crippen LogP contribution in [0, 0.1) is 0 Å². The largest absolute Gasteiger partial charge is 0.404 e. The molecule has 3 aromatic rings. The highest BCUT2D eigenvalue weighted by molar-refractivity contribution is 8.00. The molecule has 1 heterocycles. The first-order chi connectivity index (χ1) is 15.0. The molecule has 3 aromatic carbocycles. The maximum atomic E-state index is 7.16. The van der Waals surface area contributed by atoms with Crippen molar-refractivity contribution in [1.82, 2.24) is 0 Å². The topological polar surface area (TPSA) is 18.5 Å². The monoisotopic (exact) mass is 448 g/mol. The van der Waals surface area contributed by atoms with E-state index in [9.17, 15) is 0 Å². The van der Waals surface area contributed by atoms with Crippen LogP contribution in [-0.2, 0) is 15.8 Å². The lowest BCUT2D eigenvalue weighted by atomic mass is 10.1. The summed E-state index contributed by atoms with van der Waals surface area (Å²) in [5.74, 6) is 1.97. The summed E-state index contributed by atoms with van der Waals surface area (Å²) in [5, 5.41) is 2.62. The Labute approximate surface area is 192 Å². The van der Waals surface area contributed by atoms with E-state index in [2.05, 4.69) is 106 Å². The molecule has 4 rings (SSSR count). The van der Waals surface area contributed by atoms with Crippen LogP contribution in [0.1, 0.15) is 26.3 Å². The molecule has 162 valence electrons. The first-order valence-corrected chi connectivity index (χ1v) is 14.0. The number of thioether (sulfide) groups is 1. The summed E-state index contributed by atoms with van der Waals surface area (Å²) in [6, 6.07) is 32.1. The Morgan fingerprint density at radius 2 is 1.26 bits per heavy atom. The van der Waals surface area contributed by atoms with E-state index in [0.29, 0.717) is 13.2 Å². The van der Waals surface area contributed by atoms with Crippen LogP contribution in [0.2, 0.25) is 5.04 Å². The van der Waals surface area contributed by atoms with Crippen molar-refractivity contribution in [2.24, 2.45) is 0 Å². The predicted molar refractivity (Wildman–Crippen MR) is 135 cm³/mol. The van der Waals surface area contributed by atoms with E-state index in [4.69, 9.17) is 9.16 Å². The molecule has 0 N–H and O–H groups in total. The summed E-state index contributed by atoms with van der Waals surface area (Å²) in [6.45, 7) is 8.23. The Bertz CT molecular complexity index is 911. The lowest BCUT2D eigenvalue weighted by Crippen LogP contribution is -2.68. The van der Waals surface area contributed by atoms with E-state index >= 15 is 0 Å². The van der Waals surface area contributed by atoms with E-state index in [0.717, 1.165) is 11.5 Å². The zero-order valence-electron chi connectivity index (χ0n) is 18.7. The molecule has 0 aromatic heterocycles. The molecule has 0 unspecified atom stereocenters. The lowest BCUT2D eigenvalue weighted by molar-refractivity contribution is -0.0598. The number of benzene rings is 3. The molecule has 0 atom stereocenters. The van der Waals surface area contributed by atoms with E-state index in [1.54, 1.807) is 0 Å². The molecule has 0 saturated carbocycles.